The molecule has 0 aliphatic carbocycles. The standard InChI is InChI=1S/C25H18ClF3N2O3/c26-21-6-1-2-7-22(21)31-19(14-23(30-31)25(27,28)29)15-34-20-10-8-17(9-11-20)18-5-3-4-16(12-18)13-24(32)33/h1-12,14H,13,15H2,(H,32,33). The average Bonchev–Trinajstić information content (AvgIpc) is 3.23. The van der Waals surface area contributed by atoms with Gasteiger partial charge in [-0.2, -0.15) is 18.3 Å². The van der Waals surface area contributed by atoms with E-state index in [9.17, 15) is 18.0 Å². The van der Waals surface area contributed by atoms with Gasteiger partial charge in [-0.05, 0) is 47.0 Å². The van der Waals surface area contributed by atoms with Crippen LogP contribution in [0.1, 0.15) is 17.0 Å². The van der Waals surface area contributed by atoms with Crippen LogP contribution in [0.5, 0.6) is 5.75 Å². The second-order valence-electron chi connectivity index (χ2n) is 7.47. The van der Waals surface area contributed by atoms with Crippen molar-refractivity contribution in [2.75, 3.05) is 0 Å². The lowest BCUT2D eigenvalue weighted by atomic mass is 10.0. The largest absolute Gasteiger partial charge is 0.487 e. The van der Waals surface area contributed by atoms with E-state index in [1.165, 1.54) is 0 Å². The molecule has 9 heteroatoms. The molecule has 0 aliphatic rings. The van der Waals surface area contributed by atoms with Crippen LogP contribution in [0.15, 0.2) is 78.9 Å². The zero-order valence-corrected chi connectivity index (χ0v) is 18.3. The number of ether oxygens (including phenoxy) is 1. The molecule has 0 spiro atoms. The molecule has 5 nitrogen and oxygen atoms in total. The molecular formula is C25H18ClF3N2O3. The van der Waals surface area contributed by atoms with Crippen molar-refractivity contribution in [3.63, 3.8) is 0 Å². The molecule has 0 saturated carbocycles. The molecule has 1 aromatic heterocycles. The molecule has 174 valence electrons. The summed E-state index contributed by atoms with van der Waals surface area (Å²) < 4.78 is 46.7. The smallest absolute Gasteiger partial charge is 0.435 e. The van der Waals surface area contributed by atoms with E-state index < -0.39 is 17.8 Å². The van der Waals surface area contributed by atoms with Crippen LogP contribution in [-0.2, 0) is 24.0 Å². The van der Waals surface area contributed by atoms with Crippen LogP contribution in [0.25, 0.3) is 16.8 Å². The number of carbonyl (C=O) groups is 1. The molecule has 34 heavy (non-hydrogen) atoms. The molecule has 0 unspecified atom stereocenters. The normalized spacial score (nSPS) is 11.4. The van der Waals surface area contributed by atoms with E-state index >= 15 is 0 Å². The van der Waals surface area contributed by atoms with Crippen molar-refractivity contribution in [1.82, 2.24) is 9.78 Å². The number of benzene rings is 3. The number of aliphatic carboxylic acids is 1. The summed E-state index contributed by atoms with van der Waals surface area (Å²) in [6.07, 6.45) is -4.69. The van der Waals surface area contributed by atoms with Crippen LogP contribution in [0.2, 0.25) is 5.02 Å². The van der Waals surface area contributed by atoms with Gasteiger partial charge in [0.2, 0.25) is 0 Å². The fourth-order valence-electron chi connectivity index (χ4n) is 3.43. The van der Waals surface area contributed by atoms with Crippen LogP contribution in [0.3, 0.4) is 0 Å². The number of rotatable bonds is 7. The Morgan fingerprint density at radius 2 is 1.71 bits per heavy atom. The van der Waals surface area contributed by atoms with Crippen LogP contribution in [0.4, 0.5) is 13.2 Å². The van der Waals surface area contributed by atoms with Gasteiger partial charge in [-0.3, -0.25) is 4.79 Å². The first-order valence-electron chi connectivity index (χ1n) is 10.2. The van der Waals surface area contributed by atoms with E-state index in [1.54, 1.807) is 66.7 Å². The van der Waals surface area contributed by atoms with Gasteiger partial charge >= 0.3 is 12.1 Å². The number of para-hydroxylation sites is 1. The van der Waals surface area contributed by atoms with Gasteiger partial charge in [0.25, 0.3) is 0 Å². The molecule has 1 N–H and O–H groups in total. The van der Waals surface area contributed by atoms with Crippen molar-refractivity contribution in [1.29, 1.82) is 0 Å². The number of carboxylic acids is 1. The molecule has 0 aliphatic heterocycles. The number of halogens is 4. The highest BCUT2D eigenvalue weighted by Gasteiger charge is 2.35. The van der Waals surface area contributed by atoms with E-state index in [1.807, 2.05) is 6.07 Å². The highest BCUT2D eigenvalue weighted by atomic mass is 35.5. The maximum Gasteiger partial charge on any atom is 0.435 e. The Labute approximate surface area is 198 Å². The number of carboxylic acid groups (broad SMARTS) is 1. The molecule has 1 heterocycles. The van der Waals surface area contributed by atoms with E-state index in [2.05, 4.69) is 5.10 Å². The number of nitrogens with zero attached hydrogens (tertiary/aromatic N) is 2. The Morgan fingerprint density at radius 3 is 2.38 bits per heavy atom. The van der Waals surface area contributed by atoms with Gasteiger partial charge < -0.3 is 9.84 Å². The van der Waals surface area contributed by atoms with Gasteiger partial charge in [0.05, 0.1) is 22.8 Å². The third-order valence-corrected chi connectivity index (χ3v) is 5.33. The first-order valence-corrected chi connectivity index (χ1v) is 10.5. The Bertz CT molecular complexity index is 1320. The summed E-state index contributed by atoms with van der Waals surface area (Å²) in [6.45, 7) is -0.165. The molecule has 0 amide bonds. The van der Waals surface area contributed by atoms with E-state index in [0.29, 0.717) is 17.0 Å². The highest BCUT2D eigenvalue weighted by Crippen LogP contribution is 2.31. The van der Waals surface area contributed by atoms with Gasteiger partial charge in [-0.15, -0.1) is 0 Å². The van der Waals surface area contributed by atoms with Crippen LogP contribution in [0, 0.1) is 0 Å². The summed E-state index contributed by atoms with van der Waals surface area (Å²) in [6, 6.07) is 21.6. The number of hydrogen-bond donors (Lipinski definition) is 1. The molecule has 0 fully saturated rings. The minimum absolute atomic E-state index is 0.0753. The Hall–Kier alpha value is -3.78. The highest BCUT2D eigenvalue weighted by molar-refractivity contribution is 6.32. The second-order valence-corrected chi connectivity index (χ2v) is 7.87. The molecule has 0 radical (unpaired) electrons. The SMILES string of the molecule is O=C(O)Cc1cccc(-c2ccc(OCc3cc(C(F)(F)F)nn3-c3ccccc3Cl)cc2)c1. The lowest BCUT2D eigenvalue weighted by Crippen LogP contribution is -2.08. The monoisotopic (exact) mass is 486 g/mol. The summed E-state index contributed by atoms with van der Waals surface area (Å²) in [5.41, 5.74) is 1.83. The second kappa shape index (κ2) is 9.61. The number of hydrogen-bond acceptors (Lipinski definition) is 3. The van der Waals surface area contributed by atoms with Crippen molar-refractivity contribution in [2.45, 2.75) is 19.2 Å². The Kier molecular flexibility index (Phi) is 6.61. The molecule has 3 aromatic carbocycles. The Balaban J connectivity index is 1.54. The summed E-state index contributed by atoms with van der Waals surface area (Å²) >= 11 is 6.17. The zero-order valence-electron chi connectivity index (χ0n) is 17.6. The summed E-state index contributed by atoms with van der Waals surface area (Å²) in [4.78, 5) is 10.9. The van der Waals surface area contributed by atoms with E-state index in [-0.39, 0.29) is 23.7 Å². The molecule has 4 rings (SSSR count). The van der Waals surface area contributed by atoms with Gasteiger partial charge in [0, 0.05) is 0 Å². The summed E-state index contributed by atoms with van der Waals surface area (Å²) in [5, 5.41) is 12.9. The Morgan fingerprint density at radius 1 is 0.971 bits per heavy atom. The fraction of sp³-hybridized carbons (Fsp3) is 0.120. The molecular weight excluding hydrogens is 469 g/mol. The maximum atomic E-state index is 13.3. The van der Waals surface area contributed by atoms with Gasteiger partial charge in [0.1, 0.15) is 12.4 Å². The molecule has 0 bridgehead atoms. The predicted octanol–water partition coefficient (Wildman–Crippen LogP) is 6.42. The maximum absolute atomic E-state index is 13.3. The van der Waals surface area contributed by atoms with Gasteiger partial charge in [0.15, 0.2) is 5.69 Å². The first kappa shape index (κ1) is 23.4. The third kappa shape index (κ3) is 5.40. The minimum Gasteiger partial charge on any atom is -0.487 e. The van der Waals surface area contributed by atoms with Crippen molar-refractivity contribution in [2.24, 2.45) is 0 Å². The lowest BCUT2D eigenvalue weighted by molar-refractivity contribution is -0.141. The minimum atomic E-state index is -4.61. The van der Waals surface area contributed by atoms with Crippen molar-refractivity contribution >= 4 is 17.6 Å². The van der Waals surface area contributed by atoms with Gasteiger partial charge in [-0.25, -0.2) is 4.68 Å². The molecule has 0 saturated heterocycles. The summed E-state index contributed by atoms with van der Waals surface area (Å²) in [7, 11) is 0. The van der Waals surface area contributed by atoms with E-state index in [4.69, 9.17) is 21.4 Å². The first-order chi connectivity index (χ1) is 16.2. The van der Waals surface area contributed by atoms with Crippen molar-refractivity contribution in [3.05, 3.63) is 101 Å². The molecule has 0 atom stereocenters. The molecule has 4 aromatic rings. The zero-order chi connectivity index (χ0) is 24.3. The summed E-state index contributed by atoms with van der Waals surface area (Å²) in [5.74, 6) is -0.462. The topological polar surface area (TPSA) is 64.3 Å². The van der Waals surface area contributed by atoms with Crippen LogP contribution >= 0.6 is 11.6 Å². The van der Waals surface area contributed by atoms with Crippen molar-refractivity contribution < 1.29 is 27.8 Å². The van der Waals surface area contributed by atoms with E-state index in [0.717, 1.165) is 21.9 Å². The quantitative estimate of drug-likeness (QED) is 0.327. The van der Waals surface area contributed by atoms with Crippen LogP contribution in [-0.4, -0.2) is 20.9 Å². The number of aromatic nitrogens is 2. The lowest BCUT2D eigenvalue weighted by Gasteiger charge is -2.11. The van der Waals surface area contributed by atoms with Crippen molar-refractivity contribution in [3.8, 4) is 22.6 Å². The average molecular weight is 487 g/mol. The fourth-order valence-corrected chi connectivity index (χ4v) is 3.65. The van der Waals surface area contributed by atoms with Crippen LogP contribution < -0.4 is 4.74 Å². The predicted molar refractivity (Wildman–Crippen MR) is 121 cm³/mol. The third-order valence-electron chi connectivity index (χ3n) is 5.01. The number of alkyl halides is 3. The van der Waals surface area contributed by atoms with Gasteiger partial charge in [-0.1, -0.05) is 60.1 Å².